The second-order valence-electron chi connectivity index (χ2n) is 4.98. The summed E-state index contributed by atoms with van der Waals surface area (Å²) in [6, 6.07) is 18.0. The van der Waals surface area contributed by atoms with Gasteiger partial charge in [0.15, 0.2) is 11.6 Å². The number of aliphatic hydroxyl groups excluding tert-OH is 1. The molecule has 0 aromatic heterocycles. The maximum atomic E-state index is 14.0. The van der Waals surface area contributed by atoms with Crippen molar-refractivity contribution in [1.82, 2.24) is 0 Å². The highest BCUT2D eigenvalue weighted by Gasteiger charge is 2.09. The van der Waals surface area contributed by atoms with Crippen LogP contribution < -0.4 is 4.74 Å². The molecule has 1 N–H and O–H groups in total. The van der Waals surface area contributed by atoms with E-state index >= 15 is 0 Å². The van der Waals surface area contributed by atoms with E-state index in [0.717, 1.165) is 10.8 Å². The summed E-state index contributed by atoms with van der Waals surface area (Å²) in [5.41, 5.74) is 0.526. The highest BCUT2D eigenvalue weighted by molar-refractivity contribution is 5.83. The lowest BCUT2D eigenvalue weighted by Crippen LogP contribution is -1.94. The Hall–Kier alpha value is -2.39. The number of benzene rings is 3. The average molecular weight is 282 g/mol. The maximum absolute atomic E-state index is 14.0. The number of fused-ring (bicyclic) bond motifs is 1. The van der Waals surface area contributed by atoms with Gasteiger partial charge >= 0.3 is 0 Å². The van der Waals surface area contributed by atoms with Gasteiger partial charge in [0.2, 0.25) is 0 Å². The van der Waals surface area contributed by atoms with Gasteiger partial charge in [-0.1, -0.05) is 36.4 Å². The fourth-order valence-electron chi connectivity index (χ4n) is 2.22. The van der Waals surface area contributed by atoms with Crippen LogP contribution in [0.4, 0.5) is 4.39 Å². The van der Waals surface area contributed by atoms with Crippen LogP contribution in [0.2, 0.25) is 0 Å². The molecule has 0 aliphatic carbocycles. The van der Waals surface area contributed by atoms with Gasteiger partial charge in [-0.05, 0) is 47.5 Å². The van der Waals surface area contributed by atoms with E-state index in [1.807, 2.05) is 42.5 Å². The van der Waals surface area contributed by atoms with Gasteiger partial charge < -0.3 is 9.84 Å². The van der Waals surface area contributed by atoms with Gasteiger partial charge in [-0.2, -0.15) is 0 Å². The molecule has 0 fully saturated rings. The number of hydrogen-bond donors (Lipinski definition) is 1. The zero-order valence-corrected chi connectivity index (χ0v) is 11.6. The normalized spacial score (nSPS) is 12.3. The molecule has 2 nitrogen and oxygen atoms in total. The van der Waals surface area contributed by atoms with Crippen LogP contribution >= 0.6 is 0 Å². The van der Waals surface area contributed by atoms with Crippen LogP contribution in [0, 0.1) is 5.82 Å². The molecule has 0 radical (unpaired) electrons. The van der Waals surface area contributed by atoms with Crippen molar-refractivity contribution in [2.75, 3.05) is 0 Å². The molecular formula is C18H15FO2. The summed E-state index contributed by atoms with van der Waals surface area (Å²) in [5.74, 6) is 0.244. The standard InChI is InChI=1S/C18H15FO2/c1-12(20)14-7-9-18(17(19)11-14)21-16-8-6-13-4-2-3-5-15(13)10-16/h2-12,20H,1H3/t12-/m0/s1. The summed E-state index contributed by atoms with van der Waals surface area (Å²) in [6.45, 7) is 1.60. The summed E-state index contributed by atoms with van der Waals surface area (Å²) >= 11 is 0. The van der Waals surface area contributed by atoms with E-state index in [9.17, 15) is 9.50 Å². The number of ether oxygens (including phenoxy) is 1. The number of halogens is 1. The smallest absolute Gasteiger partial charge is 0.166 e. The van der Waals surface area contributed by atoms with Crippen LogP contribution in [0.15, 0.2) is 60.7 Å². The van der Waals surface area contributed by atoms with E-state index in [1.165, 1.54) is 12.1 Å². The van der Waals surface area contributed by atoms with Gasteiger partial charge in [0, 0.05) is 0 Å². The van der Waals surface area contributed by atoms with Crippen molar-refractivity contribution in [2.45, 2.75) is 13.0 Å². The topological polar surface area (TPSA) is 29.5 Å². The number of aliphatic hydroxyl groups is 1. The predicted molar refractivity (Wildman–Crippen MR) is 81.1 cm³/mol. The molecule has 0 bridgehead atoms. The van der Waals surface area contributed by atoms with E-state index in [2.05, 4.69) is 0 Å². The van der Waals surface area contributed by atoms with Crippen LogP contribution in [-0.2, 0) is 0 Å². The van der Waals surface area contributed by atoms with E-state index in [4.69, 9.17) is 4.74 Å². The highest BCUT2D eigenvalue weighted by Crippen LogP contribution is 2.29. The molecule has 0 saturated carbocycles. The van der Waals surface area contributed by atoms with E-state index in [1.54, 1.807) is 13.0 Å². The summed E-state index contributed by atoms with van der Waals surface area (Å²) in [5, 5.41) is 11.6. The second-order valence-corrected chi connectivity index (χ2v) is 4.98. The lowest BCUT2D eigenvalue weighted by molar-refractivity contribution is 0.198. The minimum absolute atomic E-state index is 0.148. The first kappa shape index (κ1) is 13.6. The Morgan fingerprint density at radius 1 is 0.952 bits per heavy atom. The molecule has 0 aliphatic heterocycles. The van der Waals surface area contributed by atoms with Crippen molar-refractivity contribution in [1.29, 1.82) is 0 Å². The molecule has 0 heterocycles. The molecule has 0 amide bonds. The molecule has 0 spiro atoms. The van der Waals surface area contributed by atoms with Crippen molar-refractivity contribution in [3.63, 3.8) is 0 Å². The SMILES string of the molecule is C[C@H](O)c1ccc(Oc2ccc3ccccc3c2)c(F)c1. The van der Waals surface area contributed by atoms with Crippen molar-refractivity contribution >= 4 is 10.8 Å². The first-order valence-electron chi connectivity index (χ1n) is 6.77. The number of rotatable bonds is 3. The summed E-state index contributed by atoms with van der Waals surface area (Å²) in [6.07, 6.45) is -0.700. The van der Waals surface area contributed by atoms with E-state index in [-0.39, 0.29) is 5.75 Å². The quantitative estimate of drug-likeness (QED) is 0.746. The zero-order valence-electron chi connectivity index (χ0n) is 11.6. The minimum Gasteiger partial charge on any atom is -0.454 e. The average Bonchev–Trinajstić information content (AvgIpc) is 2.49. The lowest BCUT2D eigenvalue weighted by Gasteiger charge is -2.10. The van der Waals surface area contributed by atoms with Gasteiger partial charge in [-0.25, -0.2) is 4.39 Å². The third-order valence-corrected chi connectivity index (χ3v) is 3.39. The molecule has 1 atom stereocenters. The van der Waals surface area contributed by atoms with Crippen LogP contribution in [0.5, 0.6) is 11.5 Å². The zero-order chi connectivity index (χ0) is 14.8. The molecule has 0 unspecified atom stereocenters. The largest absolute Gasteiger partial charge is 0.454 e. The van der Waals surface area contributed by atoms with Crippen molar-refractivity contribution < 1.29 is 14.2 Å². The van der Waals surface area contributed by atoms with Gasteiger partial charge in [-0.3, -0.25) is 0 Å². The predicted octanol–water partition coefficient (Wildman–Crippen LogP) is 4.82. The molecular weight excluding hydrogens is 267 g/mol. The van der Waals surface area contributed by atoms with Crippen LogP contribution in [0.1, 0.15) is 18.6 Å². The molecule has 0 aliphatic rings. The highest BCUT2D eigenvalue weighted by atomic mass is 19.1. The Labute approximate surface area is 122 Å². The Morgan fingerprint density at radius 3 is 2.43 bits per heavy atom. The first-order chi connectivity index (χ1) is 10.1. The Morgan fingerprint density at radius 2 is 1.71 bits per heavy atom. The minimum atomic E-state index is -0.700. The van der Waals surface area contributed by atoms with Crippen molar-refractivity contribution in [2.24, 2.45) is 0 Å². The van der Waals surface area contributed by atoms with Crippen molar-refractivity contribution in [3.05, 3.63) is 72.0 Å². The lowest BCUT2D eigenvalue weighted by atomic mass is 10.1. The third kappa shape index (κ3) is 2.88. The molecule has 106 valence electrons. The molecule has 3 aromatic carbocycles. The fraction of sp³-hybridized carbons (Fsp3) is 0.111. The van der Waals surface area contributed by atoms with Gasteiger partial charge in [0.05, 0.1) is 6.10 Å². The van der Waals surface area contributed by atoms with E-state index < -0.39 is 11.9 Å². The molecule has 3 rings (SSSR count). The fourth-order valence-corrected chi connectivity index (χ4v) is 2.22. The van der Waals surface area contributed by atoms with Gasteiger partial charge in [0.1, 0.15) is 5.75 Å². The summed E-state index contributed by atoms with van der Waals surface area (Å²) in [4.78, 5) is 0. The molecule has 3 heteroatoms. The Bertz CT molecular complexity index is 781. The second kappa shape index (κ2) is 5.54. The maximum Gasteiger partial charge on any atom is 0.166 e. The van der Waals surface area contributed by atoms with Gasteiger partial charge in [-0.15, -0.1) is 0 Å². The Kier molecular flexibility index (Phi) is 3.59. The van der Waals surface area contributed by atoms with Crippen LogP contribution in [0.25, 0.3) is 10.8 Å². The molecule has 3 aromatic rings. The third-order valence-electron chi connectivity index (χ3n) is 3.39. The van der Waals surface area contributed by atoms with Crippen LogP contribution in [0.3, 0.4) is 0 Å². The number of hydrogen-bond acceptors (Lipinski definition) is 2. The summed E-state index contributed by atoms with van der Waals surface area (Å²) < 4.78 is 19.6. The Balaban J connectivity index is 1.91. The summed E-state index contributed by atoms with van der Waals surface area (Å²) in [7, 11) is 0. The monoisotopic (exact) mass is 282 g/mol. The van der Waals surface area contributed by atoms with Gasteiger partial charge in [0.25, 0.3) is 0 Å². The van der Waals surface area contributed by atoms with Crippen LogP contribution in [-0.4, -0.2) is 5.11 Å². The molecule has 0 saturated heterocycles. The first-order valence-corrected chi connectivity index (χ1v) is 6.77. The molecule has 21 heavy (non-hydrogen) atoms. The van der Waals surface area contributed by atoms with E-state index in [0.29, 0.717) is 11.3 Å². The van der Waals surface area contributed by atoms with Crippen molar-refractivity contribution in [3.8, 4) is 11.5 Å².